The summed E-state index contributed by atoms with van der Waals surface area (Å²) >= 11 is 0. The van der Waals surface area contributed by atoms with Crippen molar-refractivity contribution < 1.29 is 4.79 Å². The molecule has 5 N–H and O–H groups in total. The first kappa shape index (κ1) is 15.3. The van der Waals surface area contributed by atoms with Crippen molar-refractivity contribution in [3.63, 3.8) is 0 Å². The highest BCUT2D eigenvalue weighted by Crippen LogP contribution is 2.31. The fourth-order valence-electron chi connectivity index (χ4n) is 2.61. The summed E-state index contributed by atoms with van der Waals surface area (Å²) in [5.74, 6) is -0.471. The Morgan fingerprint density at radius 2 is 1.79 bits per heavy atom. The molecule has 0 saturated heterocycles. The van der Waals surface area contributed by atoms with Gasteiger partial charge in [0, 0.05) is 16.9 Å². The Morgan fingerprint density at radius 1 is 1.21 bits per heavy atom. The topological polar surface area (TPSA) is 81.1 Å². The number of rotatable bonds is 4. The highest BCUT2D eigenvalue weighted by molar-refractivity contribution is 5.99. The number of hydrogen-bond acceptors (Lipinski definition) is 3. The lowest BCUT2D eigenvalue weighted by atomic mass is 9.81. The van der Waals surface area contributed by atoms with Gasteiger partial charge in [-0.05, 0) is 43.9 Å². The van der Waals surface area contributed by atoms with Crippen LogP contribution in [0, 0.1) is 5.41 Å². The third kappa shape index (κ3) is 4.81. The van der Waals surface area contributed by atoms with Crippen LogP contribution >= 0.6 is 0 Å². The number of benzene rings is 1. The van der Waals surface area contributed by atoms with E-state index in [-0.39, 0.29) is 11.0 Å². The first-order valence-corrected chi connectivity index (χ1v) is 6.48. The second-order valence-corrected chi connectivity index (χ2v) is 6.92. The van der Waals surface area contributed by atoms with Crippen LogP contribution in [-0.4, -0.2) is 11.4 Å². The van der Waals surface area contributed by atoms with Crippen molar-refractivity contribution in [3.8, 4) is 0 Å². The zero-order valence-corrected chi connectivity index (χ0v) is 12.5. The van der Waals surface area contributed by atoms with Crippen molar-refractivity contribution in [1.82, 2.24) is 0 Å². The van der Waals surface area contributed by atoms with E-state index < -0.39 is 5.91 Å². The molecule has 1 aromatic rings. The number of carbonyl (C=O) groups excluding carboxylic acids is 1. The average molecular weight is 263 g/mol. The molecule has 0 aliphatic carbocycles. The van der Waals surface area contributed by atoms with E-state index in [0.717, 1.165) is 12.1 Å². The minimum atomic E-state index is -0.471. The van der Waals surface area contributed by atoms with Crippen molar-refractivity contribution >= 4 is 17.3 Å². The second-order valence-electron chi connectivity index (χ2n) is 6.92. The molecule has 0 bridgehead atoms. The van der Waals surface area contributed by atoms with E-state index in [1.165, 1.54) is 0 Å². The van der Waals surface area contributed by atoms with Crippen LogP contribution in [0.2, 0.25) is 0 Å². The highest BCUT2D eigenvalue weighted by atomic mass is 16.1. The Balaban J connectivity index is 3.02. The predicted octanol–water partition coefficient (Wildman–Crippen LogP) is 2.99. The van der Waals surface area contributed by atoms with Gasteiger partial charge in [-0.15, -0.1) is 0 Å². The minimum Gasteiger partial charge on any atom is -0.399 e. The van der Waals surface area contributed by atoms with Gasteiger partial charge in [-0.3, -0.25) is 4.79 Å². The minimum absolute atomic E-state index is 0.140. The number of carbonyl (C=O) groups is 1. The molecule has 0 radical (unpaired) electrons. The standard InChI is InChI=1S/C15H25N3O/c1-14(2,3)9-15(4,5)18-12-7-6-10(16)8-11(12)13(17)19/h6-8,18H,9,16H2,1-5H3,(H2,17,19). The van der Waals surface area contributed by atoms with Crippen LogP contribution in [0.15, 0.2) is 18.2 Å². The molecule has 0 saturated carbocycles. The summed E-state index contributed by atoms with van der Waals surface area (Å²) in [7, 11) is 0. The highest BCUT2D eigenvalue weighted by Gasteiger charge is 2.26. The number of nitrogen functional groups attached to an aromatic ring is 1. The van der Waals surface area contributed by atoms with Crippen molar-refractivity contribution in [3.05, 3.63) is 23.8 Å². The van der Waals surface area contributed by atoms with Crippen molar-refractivity contribution in [2.24, 2.45) is 11.1 Å². The summed E-state index contributed by atoms with van der Waals surface area (Å²) < 4.78 is 0. The predicted molar refractivity (Wildman–Crippen MR) is 81.1 cm³/mol. The van der Waals surface area contributed by atoms with E-state index in [9.17, 15) is 4.79 Å². The van der Waals surface area contributed by atoms with Gasteiger partial charge >= 0.3 is 0 Å². The largest absolute Gasteiger partial charge is 0.399 e. The normalized spacial score (nSPS) is 12.3. The van der Waals surface area contributed by atoms with Crippen LogP contribution in [0.5, 0.6) is 0 Å². The van der Waals surface area contributed by atoms with Crippen LogP contribution < -0.4 is 16.8 Å². The maximum atomic E-state index is 11.5. The first-order valence-electron chi connectivity index (χ1n) is 6.48. The molecule has 0 aliphatic heterocycles. The third-order valence-corrected chi connectivity index (χ3v) is 2.75. The van der Waals surface area contributed by atoms with E-state index >= 15 is 0 Å². The lowest BCUT2D eigenvalue weighted by Crippen LogP contribution is -2.36. The summed E-state index contributed by atoms with van der Waals surface area (Å²) in [5.41, 5.74) is 12.8. The lowest BCUT2D eigenvalue weighted by Gasteiger charge is -2.34. The molecule has 0 spiro atoms. The Morgan fingerprint density at radius 3 is 2.26 bits per heavy atom. The molecule has 1 amide bonds. The monoisotopic (exact) mass is 263 g/mol. The number of hydrogen-bond donors (Lipinski definition) is 3. The fraction of sp³-hybridized carbons (Fsp3) is 0.533. The van der Waals surface area contributed by atoms with E-state index in [4.69, 9.17) is 11.5 Å². The Bertz CT molecular complexity index is 473. The Hall–Kier alpha value is -1.71. The summed E-state index contributed by atoms with van der Waals surface area (Å²) in [6, 6.07) is 5.18. The SMILES string of the molecule is CC(C)(C)CC(C)(C)Nc1ccc(N)cc1C(N)=O. The molecule has 0 unspecified atom stereocenters. The lowest BCUT2D eigenvalue weighted by molar-refractivity contribution is 0.100. The van der Waals surface area contributed by atoms with E-state index in [1.807, 2.05) is 0 Å². The molecule has 106 valence electrons. The molecule has 1 rings (SSSR count). The summed E-state index contributed by atoms with van der Waals surface area (Å²) in [5, 5.41) is 3.40. The van der Waals surface area contributed by atoms with E-state index in [2.05, 4.69) is 39.9 Å². The van der Waals surface area contributed by atoms with Gasteiger partial charge in [-0.1, -0.05) is 20.8 Å². The smallest absolute Gasteiger partial charge is 0.250 e. The van der Waals surface area contributed by atoms with Crippen molar-refractivity contribution in [2.75, 3.05) is 11.1 Å². The molecule has 0 heterocycles. The van der Waals surface area contributed by atoms with Crippen LogP contribution in [-0.2, 0) is 0 Å². The number of nitrogens with one attached hydrogen (secondary N) is 1. The molecule has 0 atom stereocenters. The van der Waals surface area contributed by atoms with Crippen molar-refractivity contribution in [1.29, 1.82) is 0 Å². The summed E-state index contributed by atoms with van der Waals surface area (Å²) in [6.45, 7) is 10.8. The van der Waals surface area contributed by atoms with Gasteiger partial charge in [0.2, 0.25) is 0 Å². The van der Waals surface area contributed by atoms with Crippen LogP contribution in [0.3, 0.4) is 0 Å². The maximum absolute atomic E-state index is 11.5. The summed E-state index contributed by atoms with van der Waals surface area (Å²) in [6.07, 6.45) is 0.961. The molecule has 0 fully saturated rings. The summed E-state index contributed by atoms with van der Waals surface area (Å²) in [4.78, 5) is 11.5. The van der Waals surface area contributed by atoms with E-state index in [0.29, 0.717) is 11.3 Å². The van der Waals surface area contributed by atoms with Gasteiger partial charge in [0.15, 0.2) is 0 Å². The van der Waals surface area contributed by atoms with Gasteiger partial charge in [-0.25, -0.2) is 0 Å². The molecule has 4 heteroatoms. The second kappa shape index (κ2) is 5.11. The van der Waals surface area contributed by atoms with Gasteiger partial charge in [0.25, 0.3) is 5.91 Å². The Kier molecular flexibility index (Phi) is 4.13. The maximum Gasteiger partial charge on any atom is 0.250 e. The molecular weight excluding hydrogens is 238 g/mol. The molecule has 4 nitrogen and oxygen atoms in total. The van der Waals surface area contributed by atoms with Crippen LogP contribution in [0.25, 0.3) is 0 Å². The molecule has 0 aromatic heterocycles. The third-order valence-electron chi connectivity index (χ3n) is 2.75. The number of nitrogens with two attached hydrogens (primary N) is 2. The van der Waals surface area contributed by atoms with Crippen molar-refractivity contribution in [2.45, 2.75) is 46.6 Å². The zero-order chi connectivity index (χ0) is 14.8. The Labute approximate surface area is 115 Å². The fourth-order valence-corrected chi connectivity index (χ4v) is 2.61. The molecule has 0 aliphatic rings. The molecular formula is C15H25N3O. The molecule has 1 aromatic carbocycles. The number of anilines is 2. The first-order chi connectivity index (χ1) is 8.50. The zero-order valence-electron chi connectivity index (χ0n) is 12.5. The van der Waals surface area contributed by atoms with Gasteiger partial charge < -0.3 is 16.8 Å². The van der Waals surface area contributed by atoms with Gasteiger partial charge in [0.05, 0.1) is 5.56 Å². The quantitative estimate of drug-likeness (QED) is 0.730. The van der Waals surface area contributed by atoms with Gasteiger partial charge in [0.1, 0.15) is 0 Å². The molecule has 19 heavy (non-hydrogen) atoms. The number of primary amides is 1. The van der Waals surface area contributed by atoms with Crippen LogP contribution in [0.4, 0.5) is 11.4 Å². The average Bonchev–Trinajstić information content (AvgIpc) is 2.16. The van der Waals surface area contributed by atoms with Gasteiger partial charge in [-0.2, -0.15) is 0 Å². The number of amides is 1. The van der Waals surface area contributed by atoms with Crippen LogP contribution in [0.1, 0.15) is 51.4 Å². The van der Waals surface area contributed by atoms with E-state index in [1.54, 1.807) is 18.2 Å².